The molecule has 58 heavy (non-hydrogen) atoms. The van der Waals surface area contributed by atoms with Crippen LogP contribution in [0.25, 0.3) is 0 Å². The van der Waals surface area contributed by atoms with E-state index in [1.165, 1.54) is 52.8 Å². The van der Waals surface area contributed by atoms with E-state index < -0.39 is 40.6 Å². The minimum Gasteiger partial charge on any atom is -0.203 e. The molecule has 0 atom stereocenters. The molecule has 0 spiro atoms. The molecule has 0 aromatic heterocycles. The molecule has 0 radical (unpaired) electrons. The highest BCUT2D eigenvalue weighted by Crippen LogP contribution is 2.36. The molecule has 0 fully saturated rings. The Hall–Kier alpha value is -3.47. The number of aryl methyl sites for hydroxylation is 2. The molecule has 0 heterocycles. The van der Waals surface area contributed by atoms with E-state index in [0.29, 0.717) is 47.3 Å². The summed E-state index contributed by atoms with van der Waals surface area (Å²) in [5.41, 5.74) is 14.2. The van der Waals surface area contributed by atoms with Crippen LogP contribution in [0.1, 0.15) is 239 Å². The molecule has 4 aromatic rings. The van der Waals surface area contributed by atoms with Crippen molar-refractivity contribution in [3.05, 3.63) is 139 Å². The van der Waals surface area contributed by atoms with E-state index in [9.17, 15) is 22.0 Å². The summed E-state index contributed by atoms with van der Waals surface area (Å²) in [4.78, 5) is 0. The van der Waals surface area contributed by atoms with Gasteiger partial charge in [-0.15, -0.1) is 0 Å². The van der Waals surface area contributed by atoms with Crippen molar-refractivity contribution in [3.8, 4) is 0 Å². The SMILES string of the molecule is CC(C)c1c(F)c(F)c(F)c(F)c1F.CC(C)c1cc(C(C)C)c(C(C)C)c(C(C)C)c1.CC(C)c1ccc(C(C)C)cc1.Cc1cc(C(C)C)cc(C)c1C(C)C. The Morgan fingerprint density at radius 3 is 0.776 bits per heavy atom. The highest BCUT2D eigenvalue weighted by Gasteiger charge is 2.27. The van der Waals surface area contributed by atoms with Crippen molar-refractivity contribution in [2.24, 2.45) is 0 Å². The van der Waals surface area contributed by atoms with E-state index in [-0.39, 0.29) is 0 Å². The monoisotopic (exact) mass is 809 g/mol. The smallest absolute Gasteiger partial charge is 0.200 e. The standard InChI is InChI=1S/C18H30.C14H22.C12H18.C9H7F5/c1-11(2)15-9-16(12(3)4)18(14(7)8)17(10-15)13(5)6;1-9(2)13-7-11(5)14(10(3)4)12(6)8-13;1-9(2)11-5-7-12(8-6-11)10(3)4;1-3(2)4-5(10)7(12)9(14)8(13)6(4)11/h9-14H,1-8H3;7-10H,1-6H3;5-10H,1-4H3;3H,1-2H3. The van der Waals surface area contributed by atoms with Gasteiger partial charge in [0.05, 0.1) is 0 Å². The van der Waals surface area contributed by atoms with Crippen LogP contribution in [0.4, 0.5) is 22.0 Å². The molecule has 4 rings (SSSR count). The molecule has 0 aliphatic rings. The molecule has 0 nitrogen and oxygen atoms in total. The molecule has 0 saturated carbocycles. The first-order chi connectivity index (χ1) is 26.7. The number of benzene rings is 4. The third kappa shape index (κ3) is 14.4. The van der Waals surface area contributed by atoms with Gasteiger partial charge in [0.1, 0.15) is 0 Å². The van der Waals surface area contributed by atoms with Crippen LogP contribution in [0, 0.1) is 42.9 Å². The lowest BCUT2D eigenvalue weighted by atomic mass is 9.80. The van der Waals surface area contributed by atoms with Crippen LogP contribution < -0.4 is 0 Å². The van der Waals surface area contributed by atoms with Crippen LogP contribution in [0.2, 0.25) is 0 Å². The first-order valence-corrected chi connectivity index (χ1v) is 21.6. The lowest BCUT2D eigenvalue weighted by molar-refractivity contribution is 0.366. The van der Waals surface area contributed by atoms with E-state index in [1.807, 2.05) is 0 Å². The van der Waals surface area contributed by atoms with Crippen molar-refractivity contribution in [2.75, 3.05) is 0 Å². The maximum Gasteiger partial charge on any atom is 0.200 e. The van der Waals surface area contributed by atoms with Crippen molar-refractivity contribution in [1.29, 1.82) is 0 Å². The summed E-state index contributed by atoms with van der Waals surface area (Å²) >= 11 is 0. The quantitative estimate of drug-likeness (QED) is 0.0898. The van der Waals surface area contributed by atoms with Crippen molar-refractivity contribution < 1.29 is 22.0 Å². The second-order valence-corrected chi connectivity index (χ2v) is 18.7. The molecule has 0 amide bonds. The Morgan fingerprint density at radius 1 is 0.276 bits per heavy atom. The van der Waals surface area contributed by atoms with Crippen molar-refractivity contribution in [2.45, 2.75) is 192 Å². The van der Waals surface area contributed by atoms with Crippen LogP contribution >= 0.6 is 0 Å². The molecule has 4 aromatic carbocycles. The Morgan fingerprint density at radius 2 is 0.534 bits per heavy atom. The van der Waals surface area contributed by atoms with Gasteiger partial charge in [-0.3, -0.25) is 0 Å². The van der Waals surface area contributed by atoms with E-state index in [1.54, 1.807) is 16.7 Å². The predicted molar refractivity (Wildman–Crippen MR) is 242 cm³/mol. The lowest BCUT2D eigenvalue weighted by Gasteiger charge is -2.25. The Labute approximate surface area is 351 Å². The molecule has 0 aliphatic heterocycles. The fourth-order valence-electron chi connectivity index (χ4n) is 7.33. The number of hydrogen-bond donors (Lipinski definition) is 0. The normalized spacial score (nSPS) is 11.6. The average molecular weight is 809 g/mol. The summed E-state index contributed by atoms with van der Waals surface area (Å²) in [6.07, 6.45) is 0. The first kappa shape index (κ1) is 52.5. The number of hydrogen-bond acceptors (Lipinski definition) is 0. The van der Waals surface area contributed by atoms with Gasteiger partial charge in [0.15, 0.2) is 23.3 Å². The summed E-state index contributed by atoms with van der Waals surface area (Å²) in [7, 11) is 0. The summed E-state index contributed by atoms with van der Waals surface area (Å²) in [5, 5.41) is 0. The third-order valence-electron chi connectivity index (χ3n) is 10.7. The van der Waals surface area contributed by atoms with Gasteiger partial charge in [0.25, 0.3) is 0 Å². The maximum absolute atomic E-state index is 12.9. The molecule has 0 saturated heterocycles. The van der Waals surface area contributed by atoms with Gasteiger partial charge in [0, 0.05) is 5.56 Å². The highest BCUT2D eigenvalue weighted by molar-refractivity contribution is 5.45. The molecule has 0 N–H and O–H groups in total. The predicted octanol–water partition coefficient (Wildman–Crippen LogP) is 18.2. The van der Waals surface area contributed by atoms with Crippen LogP contribution in [0.5, 0.6) is 0 Å². The van der Waals surface area contributed by atoms with Gasteiger partial charge in [-0.05, 0) is 123 Å². The minimum atomic E-state index is -2.12. The van der Waals surface area contributed by atoms with Gasteiger partial charge < -0.3 is 0 Å². The zero-order chi connectivity index (χ0) is 45.1. The zero-order valence-corrected chi connectivity index (χ0v) is 39.7. The topological polar surface area (TPSA) is 0 Å². The molecule has 0 unspecified atom stereocenters. The Balaban J connectivity index is 0.000000391. The van der Waals surface area contributed by atoms with Gasteiger partial charge in [-0.1, -0.05) is 173 Å². The molecule has 0 bridgehead atoms. The van der Waals surface area contributed by atoms with E-state index in [2.05, 4.69) is 173 Å². The molecule has 5 heteroatoms. The third-order valence-corrected chi connectivity index (χ3v) is 10.7. The summed E-state index contributed by atoms with van der Waals surface area (Å²) < 4.78 is 63.6. The molecular weight excluding hydrogens is 732 g/mol. The fourth-order valence-corrected chi connectivity index (χ4v) is 7.33. The van der Waals surface area contributed by atoms with Gasteiger partial charge in [0.2, 0.25) is 5.82 Å². The second kappa shape index (κ2) is 23.4. The molecule has 0 aliphatic carbocycles. The summed E-state index contributed by atoms with van der Waals surface area (Å²) in [6.45, 7) is 43.6. The van der Waals surface area contributed by atoms with Crippen LogP contribution in [0.3, 0.4) is 0 Å². The lowest BCUT2D eigenvalue weighted by Crippen LogP contribution is -2.08. The highest BCUT2D eigenvalue weighted by atomic mass is 19.2. The van der Waals surface area contributed by atoms with Gasteiger partial charge in [-0.25, -0.2) is 22.0 Å². The Kier molecular flexibility index (Phi) is 21.2. The minimum absolute atomic E-state index is 0.610. The summed E-state index contributed by atoms with van der Waals surface area (Å²) in [6, 6.07) is 18.5. The van der Waals surface area contributed by atoms with Crippen molar-refractivity contribution in [3.63, 3.8) is 0 Å². The van der Waals surface area contributed by atoms with Crippen LogP contribution in [0.15, 0.2) is 48.5 Å². The molecular formula is C53H77F5. The van der Waals surface area contributed by atoms with Gasteiger partial charge in [-0.2, -0.15) is 0 Å². The second-order valence-electron chi connectivity index (χ2n) is 18.7. The Bertz CT molecular complexity index is 1760. The average Bonchev–Trinajstić information content (AvgIpc) is 3.12. The number of halogens is 5. The largest absolute Gasteiger partial charge is 0.203 e. The first-order valence-electron chi connectivity index (χ1n) is 21.6. The number of rotatable bonds is 9. The van der Waals surface area contributed by atoms with Crippen LogP contribution in [-0.2, 0) is 0 Å². The molecule has 324 valence electrons. The van der Waals surface area contributed by atoms with Crippen molar-refractivity contribution in [1.82, 2.24) is 0 Å². The maximum atomic E-state index is 12.9. The van der Waals surface area contributed by atoms with Crippen molar-refractivity contribution >= 4 is 0 Å². The van der Waals surface area contributed by atoms with E-state index in [0.717, 1.165) is 0 Å². The van der Waals surface area contributed by atoms with E-state index >= 15 is 0 Å². The summed E-state index contributed by atoms with van der Waals surface area (Å²) in [5.74, 6) is -5.18. The fraction of sp³-hybridized carbons (Fsp3) is 0.547. The van der Waals surface area contributed by atoms with Crippen LogP contribution in [-0.4, -0.2) is 0 Å². The zero-order valence-electron chi connectivity index (χ0n) is 39.7. The van der Waals surface area contributed by atoms with E-state index in [4.69, 9.17) is 0 Å². The van der Waals surface area contributed by atoms with Gasteiger partial charge >= 0.3 is 0 Å².